The van der Waals surface area contributed by atoms with Gasteiger partial charge in [0.25, 0.3) is 5.91 Å². The molecule has 5 rings (SSSR count). The molecule has 0 aromatic rings. The van der Waals surface area contributed by atoms with E-state index in [2.05, 4.69) is 10.6 Å². The van der Waals surface area contributed by atoms with Gasteiger partial charge in [-0.25, -0.2) is 0 Å². The molecule has 2 amide bonds. The van der Waals surface area contributed by atoms with Gasteiger partial charge in [-0.05, 0) is 69.1 Å². The van der Waals surface area contributed by atoms with Gasteiger partial charge in [-0.15, -0.1) is 0 Å². The fourth-order valence-corrected chi connectivity index (χ4v) is 6.80. The molecule has 6 nitrogen and oxygen atoms in total. The maximum Gasteiger partial charge on any atom is 0.325 e. The van der Waals surface area contributed by atoms with Crippen LogP contribution in [-0.2, 0) is 19.1 Å². The Morgan fingerprint density at radius 1 is 0.828 bits per heavy atom. The number of amides is 2. The molecule has 0 unspecified atom stereocenters. The Balaban J connectivity index is 1.16. The summed E-state index contributed by atoms with van der Waals surface area (Å²) >= 11 is 0. The Bertz CT molecular complexity index is 589. The molecule has 5 saturated carbocycles. The van der Waals surface area contributed by atoms with Gasteiger partial charge in [-0.3, -0.25) is 14.4 Å². The maximum atomic E-state index is 12.9. The van der Waals surface area contributed by atoms with Crippen LogP contribution in [0.4, 0.5) is 0 Å². The van der Waals surface area contributed by atoms with Crippen molar-refractivity contribution >= 4 is 17.8 Å². The molecule has 0 atom stereocenters. The van der Waals surface area contributed by atoms with E-state index in [1.165, 1.54) is 38.5 Å². The van der Waals surface area contributed by atoms with Crippen LogP contribution < -0.4 is 10.6 Å². The molecule has 0 spiro atoms. The molecular formula is C23H36N2O4. The number of carbonyl (C=O) groups excluding carboxylic acids is 3. The molecule has 5 aliphatic carbocycles. The summed E-state index contributed by atoms with van der Waals surface area (Å²) in [4.78, 5) is 37.0. The lowest BCUT2D eigenvalue weighted by Gasteiger charge is -2.55. The first-order valence-electron chi connectivity index (χ1n) is 11.8. The second kappa shape index (κ2) is 9.05. The molecule has 0 aliphatic heterocycles. The van der Waals surface area contributed by atoms with Crippen molar-refractivity contribution in [1.82, 2.24) is 10.6 Å². The highest BCUT2D eigenvalue weighted by Crippen LogP contribution is 2.60. The molecule has 0 saturated heterocycles. The van der Waals surface area contributed by atoms with Crippen LogP contribution in [0.25, 0.3) is 0 Å². The number of rotatable bonds is 6. The third-order valence-electron chi connectivity index (χ3n) is 7.75. The Morgan fingerprint density at radius 2 is 1.38 bits per heavy atom. The molecule has 0 aromatic heterocycles. The van der Waals surface area contributed by atoms with Crippen molar-refractivity contribution in [2.24, 2.45) is 23.2 Å². The molecule has 162 valence electrons. The van der Waals surface area contributed by atoms with Crippen molar-refractivity contribution in [2.75, 3.05) is 13.2 Å². The summed E-state index contributed by atoms with van der Waals surface area (Å²) in [5.41, 5.74) is -0.259. The summed E-state index contributed by atoms with van der Waals surface area (Å²) in [6, 6.07) is 0.192. The van der Waals surface area contributed by atoms with Crippen molar-refractivity contribution in [3.8, 4) is 0 Å². The van der Waals surface area contributed by atoms with Crippen LogP contribution in [0.1, 0.15) is 83.5 Å². The summed E-state index contributed by atoms with van der Waals surface area (Å²) in [7, 11) is 0. The Hall–Kier alpha value is -1.59. The average molecular weight is 405 g/mol. The van der Waals surface area contributed by atoms with E-state index in [0.29, 0.717) is 17.8 Å². The first-order valence-corrected chi connectivity index (χ1v) is 11.8. The van der Waals surface area contributed by atoms with Crippen molar-refractivity contribution in [2.45, 2.75) is 89.5 Å². The number of nitrogens with one attached hydrogen (secondary N) is 2. The summed E-state index contributed by atoms with van der Waals surface area (Å²) in [6.07, 6.45) is 14.8. The van der Waals surface area contributed by atoms with Gasteiger partial charge in [0, 0.05) is 11.5 Å². The Labute approximate surface area is 173 Å². The Morgan fingerprint density at radius 3 is 1.97 bits per heavy atom. The standard InChI is InChI=1S/C23H36N2O4/c26-20(25-19-6-4-2-1-3-5-7-19)15-29-21(27)14-24-22(28)23-11-16-8-17(12-23)10-18(9-16)13-23/h16-19H,1-15H2,(H,24,28)(H,25,26). The molecule has 5 fully saturated rings. The third-order valence-corrected chi connectivity index (χ3v) is 7.75. The van der Waals surface area contributed by atoms with Crippen molar-refractivity contribution < 1.29 is 19.1 Å². The number of hydrogen-bond donors (Lipinski definition) is 2. The fraction of sp³-hybridized carbons (Fsp3) is 0.870. The van der Waals surface area contributed by atoms with Gasteiger partial charge in [0.05, 0.1) is 0 Å². The van der Waals surface area contributed by atoms with Crippen LogP contribution in [0.5, 0.6) is 0 Å². The van der Waals surface area contributed by atoms with E-state index in [9.17, 15) is 14.4 Å². The molecule has 6 heteroatoms. The third kappa shape index (κ3) is 5.13. The van der Waals surface area contributed by atoms with Crippen LogP contribution in [0.2, 0.25) is 0 Å². The summed E-state index contributed by atoms with van der Waals surface area (Å²) in [5.74, 6) is 1.32. The number of hydrogen-bond acceptors (Lipinski definition) is 4. The minimum atomic E-state index is -0.532. The quantitative estimate of drug-likeness (QED) is 0.666. The minimum absolute atomic E-state index is 0.0209. The average Bonchev–Trinajstić information content (AvgIpc) is 2.65. The first kappa shape index (κ1) is 20.7. The second-order valence-corrected chi connectivity index (χ2v) is 10.2. The molecular weight excluding hydrogens is 368 g/mol. The number of carbonyl (C=O) groups is 3. The van der Waals surface area contributed by atoms with E-state index >= 15 is 0 Å². The predicted octanol–water partition coefficient (Wildman–Crippen LogP) is 3.09. The van der Waals surface area contributed by atoms with E-state index in [1.807, 2.05) is 0 Å². The summed E-state index contributed by atoms with van der Waals surface area (Å²) in [5, 5.41) is 5.81. The maximum absolute atomic E-state index is 12.9. The van der Waals surface area contributed by atoms with Crippen LogP contribution in [0.15, 0.2) is 0 Å². The van der Waals surface area contributed by atoms with Gasteiger partial charge in [-0.1, -0.05) is 32.1 Å². The lowest BCUT2D eigenvalue weighted by atomic mass is 9.49. The topological polar surface area (TPSA) is 84.5 Å². The molecule has 0 radical (unpaired) electrons. The number of ether oxygens (including phenoxy) is 1. The van der Waals surface area contributed by atoms with Gasteiger partial charge >= 0.3 is 5.97 Å². The number of esters is 1. The van der Waals surface area contributed by atoms with Gasteiger partial charge < -0.3 is 15.4 Å². The van der Waals surface area contributed by atoms with E-state index in [-0.39, 0.29) is 36.4 Å². The van der Waals surface area contributed by atoms with Gasteiger partial charge in [0.2, 0.25) is 5.91 Å². The lowest BCUT2D eigenvalue weighted by molar-refractivity contribution is -0.152. The van der Waals surface area contributed by atoms with E-state index < -0.39 is 5.97 Å². The van der Waals surface area contributed by atoms with Gasteiger partial charge in [0.15, 0.2) is 6.61 Å². The second-order valence-electron chi connectivity index (χ2n) is 10.2. The van der Waals surface area contributed by atoms with Crippen molar-refractivity contribution in [3.05, 3.63) is 0 Å². The summed E-state index contributed by atoms with van der Waals surface area (Å²) in [6.45, 7) is -0.403. The largest absolute Gasteiger partial charge is 0.454 e. The lowest BCUT2D eigenvalue weighted by Crippen LogP contribution is -2.54. The zero-order chi connectivity index (χ0) is 20.3. The van der Waals surface area contributed by atoms with E-state index in [0.717, 1.165) is 44.9 Å². The summed E-state index contributed by atoms with van der Waals surface area (Å²) < 4.78 is 5.10. The Kier molecular flexibility index (Phi) is 6.45. The highest BCUT2D eigenvalue weighted by atomic mass is 16.5. The van der Waals surface area contributed by atoms with E-state index in [1.54, 1.807) is 0 Å². The van der Waals surface area contributed by atoms with Crippen LogP contribution in [0.3, 0.4) is 0 Å². The highest BCUT2D eigenvalue weighted by molar-refractivity contribution is 5.87. The zero-order valence-corrected chi connectivity index (χ0v) is 17.5. The van der Waals surface area contributed by atoms with Gasteiger partial charge in [-0.2, -0.15) is 0 Å². The fourth-order valence-electron chi connectivity index (χ4n) is 6.80. The first-order chi connectivity index (χ1) is 14.0. The molecule has 4 bridgehead atoms. The molecule has 2 N–H and O–H groups in total. The molecule has 29 heavy (non-hydrogen) atoms. The zero-order valence-electron chi connectivity index (χ0n) is 17.5. The monoisotopic (exact) mass is 404 g/mol. The van der Waals surface area contributed by atoms with Gasteiger partial charge in [0.1, 0.15) is 6.54 Å². The predicted molar refractivity (Wildman–Crippen MR) is 109 cm³/mol. The smallest absolute Gasteiger partial charge is 0.325 e. The minimum Gasteiger partial charge on any atom is -0.454 e. The molecule has 0 heterocycles. The normalized spacial score (nSPS) is 34.1. The van der Waals surface area contributed by atoms with Crippen LogP contribution in [-0.4, -0.2) is 37.0 Å². The van der Waals surface area contributed by atoms with Crippen LogP contribution >= 0.6 is 0 Å². The SMILES string of the molecule is O=C(COC(=O)CNC(=O)C12CC3CC(CC(C3)C1)C2)NC1CCCCCCC1. The van der Waals surface area contributed by atoms with Crippen LogP contribution in [0, 0.1) is 23.2 Å². The molecule has 0 aromatic carbocycles. The van der Waals surface area contributed by atoms with E-state index in [4.69, 9.17) is 4.74 Å². The molecule has 5 aliphatic rings. The van der Waals surface area contributed by atoms with Crippen molar-refractivity contribution in [1.29, 1.82) is 0 Å². The van der Waals surface area contributed by atoms with Crippen molar-refractivity contribution in [3.63, 3.8) is 0 Å². The highest BCUT2D eigenvalue weighted by Gasteiger charge is 2.54.